The van der Waals surface area contributed by atoms with Gasteiger partial charge in [-0.3, -0.25) is 4.79 Å². The van der Waals surface area contributed by atoms with Gasteiger partial charge in [0, 0.05) is 25.2 Å². The third kappa shape index (κ3) is 4.68. The molecule has 1 amide bonds. The summed E-state index contributed by atoms with van der Waals surface area (Å²) in [5.41, 5.74) is 6.14. The van der Waals surface area contributed by atoms with Crippen molar-refractivity contribution in [2.75, 3.05) is 19.6 Å². The summed E-state index contributed by atoms with van der Waals surface area (Å²) in [6.07, 6.45) is 8.36. The Morgan fingerprint density at radius 2 is 2.00 bits per heavy atom. The summed E-state index contributed by atoms with van der Waals surface area (Å²) >= 11 is 0. The summed E-state index contributed by atoms with van der Waals surface area (Å²) in [6.45, 7) is 7.60. The first-order valence-electron chi connectivity index (χ1n) is 8.87. The highest BCUT2D eigenvalue weighted by atomic mass is 16.1. The van der Waals surface area contributed by atoms with Crippen LogP contribution in [0.25, 0.3) is 0 Å². The number of nitrogens with zero attached hydrogens (tertiary/aromatic N) is 1. The molecule has 2 fully saturated rings. The molecule has 1 saturated heterocycles. The van der Waals surface area contributed by atoms with Crippen LogP contribution in [0.15, 0.2) is 0 Å². The fourth-order valence-electron chi connectivity index (χ4n) is 4.01. The molecular formula is C17H33N3O. The van der Waals surface area contributed by atoms with Gasteiger partial charge in [-0.2, -0.15) is 0 Å². The van der Waals surface area contributed by atoms with Gasteiger partial charge in [0.2, 0.25) is 5.91 Å². The minimum atomic E-state index is 0.0210. The molecule has 4 heteroatoms. The molecule has 0 aromatic rings. The van der Waals surface area contributed by atoms with Crippen LogP contribution >= 0.6 is 0 Å². The number of likely N-dealkylation sites (tertiary alicyclic amines) is 1. The highest BCUT2D eigenvalue weighted by molar-refractivity contribution is 5.79. The van der Waals surface area contributed by atoms with E-state index in [-0.39, 0.29) is 17.9 Å². The van der Waals surface area contributed by atoms with Crippen LogP contribution in [-0.4, -0.2) is 42.5 Å². The number of hydrogen-bond donors (Lipinski definition) is 2. The van der Waals surface area contributed by atoms with E-state index < -0.39 is 0 Å². The van der Waals surface area contributed by atoms with Crippen molar-refractivity contribution in [3.8, 4) is 0 Å². The van der Waals surface area contributed by atoms with Gasteiger partial charge in [0.25, 0.3) is 0 Å². The average Bonchev–Trinajstić information content (AvgIpc) is 2.45. The van der Waals surface area contributed by atoms with Crippen LogP contribution in [-0.2, 0) is 4.79 Å². The lowest BCUT2D eigenvalue weighted by Gasteiger charge is -2.34. The van der Waals surface area contributed by atoms with Gasteiger partial charge < -0.3 is 16.0 Å². The fraction of sp³-hybridized carbons (Fsp3) is 0.941. The summed E-state index contributed by atoms with van der Waals surface area (Å²) in [4.78, 5) is 14.9. The Hall–Kier alpha value is -0.610. The average molecular weight is 295 g/mol. The predicted octanol–water partition coefficient (Wildman–Crippen LogP) is 2.13. The van der Waals surface area contributed by atoms with Crippen LogP contribution in [0.1, 0.15) is 58.8 Å². The van der Waals surface area contributed by atoms with E-state index in [9.17, 15) is 4.79 Å². The summed E-state index contributed by atoms with van der Waals surface area (Å²) < 4.78 is 0. The maximum Gasteiger partial charge on any atom is 0.224 e. The second-order valence-electron chi connectivity index (χ2n) is 7.12. The lowest BCUT2D eigenvalue weighted by molar-refractivity contribution is -0.128. The van der Waals surface area contributed by atoms with E-state index in [1.165, 1.54) is 32.2 Å². The quantitative estimate of drug-likeness (QED) is 0.764. The Labute approximate surface area is 129 Å². The van der Waals surface area contributed by atoms with Crippen molar-refractivity contribution in [3.05, 3.63) is 0 Å². The van der Waals surface area contributed by atoms with Crippen molar-refractivity contribution in [2.45, 2.75) is 70.9 Å². The molecule has 0 bridgehead atoms. The third-order valence-electron chi connectivity index (χ3n) is 5.44. The number of hydrogen-bond acceptors (Lipinski definition) is 3. The molecule has 0 radical (unpaired) electrons. The molecule has 2 rings (SSSR count). The molecule has 4 atom stereocenters. The first kappa shape index (κ1) is 16.8. The third-order valence-corrected chi connectivity index (χ3v) is 5.44. The van der Waals surface area contributed by atoms with Crippen molar-refractivity contribution in [1.29, 1.82) is 0 Å². The van der Waals surface area contributed by atoms with Gasteiger partial charge in [-0.15, -0.1) is 0 Å². The molecule has 4 nitrogen and oxygen atoms in total. The van der Waals surface area contributed by atoms with Crippen LogP contribution < -0.4 is 11.1 Å². The first-order chi connectivity index (χ1) is 10.1. The Bertz CT molecular complexity index is 324. The summed E-state index contributed by atoms with van der Waals surface area (Å²) in [5.74, 6) is 0.630. The highest BCUT2D eigenvalue weighted by Crippen LogP contribution is 2.28. The van der Waals surface area contributed by atoms with Crippen LogP contribution in [0.5, 0.6) is 0 Å². The molecule has 21 heavy (non-hydrogen) atoms. The number of nitrogens with one attached hydrogen (secondary N) is 1. The van der Waals surface area contributed by atoms with Gasteiger partial charge in [0.05, 0.1) is 5.92 Å². The van der Waals surface area contributed by atoms with Gasteiger partial charge in [-0.25, -0.2) is 0 Å². The van der Waals surface area contributed by atoms with Crippen LogP contribution in [0, 0.1) is 11.8 Å². The molecule has 122 valence electrons. The van der Waals surface area contributed by atoms with Crippen molar-refractivity contribution >= 4 is 5.91 Å². The second kappa shape index (κ2) is 8.14. The number of carbonyl (C=O) groups is 1. The van der Waals surface area contributed by atoms with E-state index in [1.54, 1.807) is 0 Å². The standard InChI is InChI=1S/C17H33N3O/c1-13-7-5-9-15(18)16(13)17(21)19-10-6-12-20-11-4-3-8-14(20)2/h13-16H,3-12,18H2,1-2H3,(H,19,21). The van der Waals surface area contributed by atoms with Crippen LogP contribution in [0.3, 0.4) is 0 Å². The van der Waals surface area contributed by atoms with Crippen molar-refractivity contribution < 1.29 is 4.79 Å². The first-order valence-corrected chi connectivity index (χ1v) is 8.87. The van der Waals surface area contributed by atoms with E-state index in [2.05, 4.69) is 24.1 Å². The van der Waals surface area contributed by atoms with E-state index in [4.69, 9.17) is 5.73 Å². The normalized spacial score (nSPS) is 34.6. The van der Waals surface area contributed by atoms with Gasteiger partial charge >= 0.3 is 0 Å². The van der Waals surface area contributed by atoms with Gasteiger partial charge in [0.15, 0.2) is 0 Å². The topological polar surface area (TPSA) is 58.4 Å². The molecule has 0 aromatic carbocycles. The Morgan fingerprint density at radius 1 is 1.19 bits per heavy atom. The molecule has 0 spiro atoms. The summed E-state index contributed by atoms with van der Waals surface area (Å²) in [6, 6.07) is 0.761. The van der Waals surface area contributed by atoms with E-state index in [0.29, 0.717) is 12.0 Å². The minimum Gasteiger partial charge on any atom is -0.356 e. The molecule has 1 aliphatic heterocycles. The number of rotatable bonds is 5. The minimum absolute atomic E-state index is 0.0210. The number of nitrogens with two attached hydrogens (primary N) is 1. The van der Waals surface area contributed by atoms with E-state index in [0.717, 1.165) is 32.4 Å². The lowest BCUT2D eigenvalue weighted by atomic mass is 9.76. The van der Waals surface area contributed by atoms with Crippen molar-refractivity contribution in [3.63, 3.8) is 0 Å². The number of amides is 1. The molecule has 1 saturated carbocycles. The number of carbonyl (C=O) groups excluding carboxylic acids is 1. The van der Waals surface area contributed by atoms with Gasteiger partial charge in [0.1, 0.15) is 0 Å². The molecular weight excluding hydrogens is 262 g/mol. The zero-order valence-electron chi connectivity index (χ0n) is 13.8. The lowest BCUT2D eigenvalue weighted by Crippen LogP contribution is -2.47. The second-order valence-corrected chi connectivity index (χ2v) is 7.12. The summed E-state index contributed by atoms with van der Waals surface area (Å²) in [5, 5.41) is 3.12. The molecule has 0 aromatic heterocycles. The molecule has 1 aliphatic carbocycles. The summed E-state index contributed by atoms with van der Waals surface area (Å²) in [7, 11) is 0. The zero-order valence-corrected chi connectivity index (χ0v) is 13.8. The van der Waals surface area contributed by atoms with Crippen molar-refractivity contribution in [2.24, 2.45) is 17.6 Å². The Kier molecular flexibility index (Phi) is 6.49. The number of piperidine rings is 1. The van der Waals surface area contributed by atoms with Crippen LogP contribution in [0.4, 0.5) is 0 Å². The van der Waals surface area contributed by atoms with Crippen LogP contribution in [0.2, 0.25) is 0 Å². The molecule has 4 unspecified atom stereocenters. The fourth-order valence-corrected chi connectivity index (χ4v) is 4.01. The highest BCUT2D eigenvalue weighted by Gasteiger charge is 2.33. The molecule has 1 heterocycles. The SMILES string of the molecule is CC1CCCC(N)C1C(=O)NCCCN1CCCCC1C. The molecule has 2 aliphatic rings. The monoisotopic (exact) mass is 295 g/mol. The van der Waals surface area contributed by atoms with E-state index >= 15 is 0 Å². The smallest absolute Gasteiger partial charge is 0.224 e. The zero-order chi connectivity index (χ0) is 15.2. The van der Waals surface area contributed by atoms with E-state index in [1.807, 2.05) is 0 Å². The van der Waals surface area contributed by atoms with Gasteiger partial charge in [-0.1, -0.05) is 19.8 Å². The predicted molar refractivity (Wildman–Crippen MR) is 87.0 cm³/mol. The maximum absolute atomic E-state index is 12.3. The van der Waals surface area contributed by atoms with Gasteiger partial charge in [-0.05, 0) is 51.5 Å². The Morgan fingerprint density at radius 3 is 2.71 bits per heavy atom. The van der Waals surface area contributed by atoms with Crippen molar-refractivity contribution in [1.82, 2.24) is 10.2 Å². The largest absolute Gasteiger partial charge is 0.356 e. The maximum atomic E-state index is 12.3. The molecule has 3 N–H and O–H groups in total. The Balaban J connectivity index is 1.66.